The van der Waals surface area contributed by atoms with Gasteiger partial charge in [-0.15, -0.1) is 0 Å². The molecular formula is C12H18N2. The number of benzene rings is 1. The van der Waals surface area contributed by atoms with E-state index in [4.69, 9.17) is 5.73 Å². The van der Waals surface area contributed by atoms with Crippen molar-refractivity contribution in [3.8, 4) is 0 Å². The molecule has 1 saturated carbocycles. The van der Waals surface area contributed by atoms with Gasteiger partial charge in [-0.25, -0.2) is 0 Å². The quantitative estimate of drug-likeness (QED) is 0.704. The maximum atomic E-state index is 5.63. The van der Waals surface area contributed by atoms with Crippen LogP contribution in [0.4, 0.5) is 11.4 Å². The zero-order valence-electron chi connectivity index (χ0n) is 8.88. The second-order valence-electron chi connectivity index (χ2n) is 4.85. The van der Waals surface area contributed by atoms with Crippen molar-refractivity contribution in [1.29, 1.82) is 0 Å². The molecule has 1 aromatic carbocycles. The van der Waals surface area contributed by atoms with Gasteiger partial charge in [-0.3, -0.25) is 0 Å². The first kappa shape index (κ1) is 9.38. The maximum absolute atomic E-state index is 5.63. The number of nitrogens with one attached hydrogen (secondary N) is 1. The number of rotatable bonds is 2. The second kappa shape index (κ2) is 3.19. The first-order valence-corrected chi connectivity index (χ1v) is 5.20. The largest absolute Gasteiger partial charge is 0.399 e. The van der Waals surface area contributed by atoms with Crippen LogP contribution in [0.1, 0.15) is 26.7 Å². The minimum Gasteiger partial charge on any atom is -0.399 e. The molecule has 2 nitrogen and oxygen atoms in total. The van der Waals surface area contributed by atoms with Crippen LogP contribution < -0.4 is 11.1 Å². The minimum atomic E-state index is 0.446. The molecule has 0 aliphatic heterocycles. The van der Waals surface area contributed by atoms with E-state index in [1.54, 1.807) is 0 Å². The third-order valence-electron chi connectivity index (χ3n) is 3.27. The average molecular weight is 190 g/mol. The Bertz CT molecular complexity index is 314. The normalized spacial score (nSPS) is 24.0. The highest BCUT2D eigenvalue weighted by Gasteiger charge is 2.38. The van der Waals surface area contributed by atoms with Gasteiger partial charge in [-0.05, 0) is 42.5 Å². The van der Waals surface area contributed by atoms with E-state index < -0.39 is 0 Å². The average Bonchev–Trinajstić information content (AvgIpc) is 2.15. The van der Waals surface area contributed by atoms with Crippen LogP contribution in [0.25, 0.3) is 0 Å². The summed E-state index contributed by atoms with van der Waals surface area (Å²) in [5.41, 5.74) is 8.08. The van der Waals surface area contributed by atoms with Gasteiger partial charge in [0.05, 0.1) is 0 Å². The molecule has 1 fully saturated rings. The Hall–Kier alpha value is -1.18. The van der Waals surface area contributed by atoms with Gasteiger partial charge < -0.3 is 11.1 Å². The number of anilines is 2. The third kappa shape index (κ3) is 1.69. The van der Waals surface area contributed by atoms with Crippen molar-refractivity contribution in [3.63, 3.8) is 0 Å². The lowest BCUT2D eigenvalue weighted by Crippen LogP contribution is -2.45. The Morgan fingerprint density at radius 1 is 1.29 bits per heavy atom. The molecule has 1 aliphatic rings. The van der Waals surface area contributed by atoms with Gasteiger partial charge in [-0.1, -0.05) is 13.8 Å². The molecule has 0 amide bonds. The van der Waals surface area contributed by atoms with Crippen LogP contribution in [0.2, 0.25) is 0 Å². The van der Waals surface area contributed by atoms with Gasteiger partial charge in [0, 0.05) is 17.4 Å². The Morgan fingerprint density at radius 3 is 2.36 bits per heavy atom. The summed E-state index contributed by atoms with van der Waals surface area (Å²) in [6.07, 6.45) is 2.59. The molecule has 76 valence electrons. The first-order chi connectivity index (χ1) is 6.58. The molecule has 14 heavy (non-hydrogen) atoms. The Balaban J connectivity index is 2.01. The van der Waals surface area contributed by atoms with Gasteiger partial charge in [0.15, 0.2) is 0 Å². The lowest BCUT2D eigenvalue weighted by atomic mass is 9.67. The predicted octanol–water partition coefficient (Wildman–Crippen LogP) is 2.87. The molecule has 0 aromatic heterocycles. The second-order valence-corrected chi connectivity index (χ2v) is 4.85. The highest BCUT2D eigenvalue weighted by molar-refractivity contribution is 5.52. The van der Waals surface area contributed by atoms with E-state index >= 15 is 0 Å². The summed E-state index contributed by atoms with van der Waals surface area (Å²) in [5, 5.41) is 3.54. The van der Waals surface area contributed by atoms with Crippen LogP contribution in [0, 0.1) is 5.41 Å². The molecule has 1 aliphatic carbocycles. The Labute approximate surface area is 85.5 Å². The molecule has 0 heterocycles. The van der Waals surface area contributed by atoms with Crippen molar-refractivity contribution >= 4 is 11.4 Å². The molecule has 0 radical (unpaired) electrons. The van der Waals surface area contributed by atoms with Gasteiger partial charge in [0.25, 0.3) is 0 Å². The maximum Gasteiger partial charge on any atom is 0.0343 e. The summed E-state index contributed by atoms with van der Waals surface area (Å²) < 4.78 is 0. The SMILES string of the molecule is CC1(C)CCC1Nc1ccc(N)cc1. The van der Waals surface area contributed by atoms with Crippen molar-refractivity contribution in [1.82, 2.24) is 0 Å². The van der Waals surface area contributed by atoms with E-state index in [0.29, 0.717) is 11.5 Å². The molecular weight excluding hydrogens is 172 g/mol. The van der Waals surface area contributed by atoms with Gasteiger partial charge >= 0.3 is 0 Å². The minimum absolute atomic E-state index is 0.446. The zero-order chi connectivity index (χ0) is 10.2. The predicted molar refractivity (Wildman–Crippen MR) is 61.3 cm³/mol. The monoisotopic (exact) mass is 190 g/mol. The van der Waals surface area contributed by atoms with Crippen LogP contribution in [-0.2, 0) is 0 Å². The van der Waals surface area contributed by atoms with Crippen LogP contribution in [0.5, 0.6) is 0 Å². The third-order valence-corrected chi connectivity index (χ3v) is 3.27. The van der Waals surface area contributed by atoms with Gasteiger partial charge in [0.1, 0.15) is 0 Å². The molecule has 1 unspecified atom stereocenters. The number of hydrogen-bond donors (Lipinski definition) is 2. The molecule has 1 aromatic rings. The zero-order valence-corrected chi connectivity index (χ0v) is 8.88. The molecule has 3 N–H and O–H groups in total. The van der Waals surface area contributed by atoms with Crippen molar-refractivity contribution in [3.05, 3.63) is 24.3 Å². The van der Waals surface area contributed by atoms with Crippen LogP contribution in [0.15, 0.2) is 24.3 Å². The molecule has 2 rings (SSSR count). The smallest absolute Gasteiger partial charge is 0.0343 e. The summed E-state index contributed by atoms with van der Waals surface area (Å²) >= 11 is 0. The van der Waals surface area contributed by atoms with Crippen LogP contribution >= 0.6 is 0 Å². The number of nitrogens with two attached hydrogens (primary N) is 1. The molecule has 0 spiro atoms. The summed E-state index contributed by atoms with van der Waals surface area (Å²) in [5.74, 6) is 0. The summed E-state index contributed by atoms with van der Waals surface area (Å²) in [4.78, 5) is 0. The van der Waals surface area contributed by atoms with Crippen molar-refractivity contribution in [2.75, 3.05) is 11.1 Å². The van der Waals surface area contributed by atoms with Gasteiger partial charge in [0.2, 0.25) is 0 Å². The fourth-order valence-corrected chi connectivity index (χ4v) is 1.91. The Morgan fingerprint density at radius 2 is 1.93 bits per heavy atom. The number of nitrogen functional groups attached to an aromatic ring is 1. The first-order valence-electron chi connectivity index (χ1n) is 5.20. The lowest BCUT2D eigenvalue weighted by molar-refractivity contribution is 0.160. The molecule has 2 heteroatoms. The summed E-state index contributed by atoms with van der Waals surface area (Å²) in [7, 11) is 0. The van der Waals surface area contributed by atoms with Crippen LogP contribution in [-0.4, -0.2) is 6.04 Å². The summed E-state index contributed by atoms with van der Waals surface area (Å²) in [6, 6.07) is 8.58. The Kier molecular flexibility index (Phi) is 2.14. The highest BCUT2D eigenvalue weighted by Crippen LogP contribution is 2.41. The lowest BCUT2D eigenvalue weighted by Gasteiger charge is -2.45. The standard InChI is InChI=1S/C12H18N2/c1-12(2)8-7-11(12)14-10-5-3-9(13)4-6-10/h3-6,11,14H,7-8,13H2,1-2H3. The van der Waals surface area contributed by atoms with E-state index in [9.17, 15) is 0 Å². The molecule has 0 bridgehead atoms. The van der Waals surface area contributed by atoms with Crippen LogP contribution in [0.3, 0.4) is 0 Å². The number of hydrogen-bond acceptors (Lipinski definition) is 2. The van der Waals surface area contributed by atoms with Crippen molar-refractivity contribution < 1.29 is 0 Å². The summed E-state index contributed by atoms with van der Waals surface area (Å²) in [6.45, 7) is 4.62. The highest BCUT2D eigenvalue weighted by atomic mass is 15.0. The molecule has 1 atom stereocenters. The van der Waals surface area contributed by atoms with E-state index in [1.807, 2.05) is 24.3 Å². The van der Waals surface area contributed by atoms with E-state index in [-0.39, 0.29) is 0 Å². The van der Waals surface area contributed by atoms with E-state index in [2.05, 4.69) is 19.2 Å². The molecule has 0 saturated heterocycles. The van der Waals surface area contributed by atoms with E-state index in [1.165, 1.54) is 18.5 Å². The fourth-order valence-electron chi connectivity index (χ4n) is 1.91. The van der Waals surface area contributed by atoms with Crippen molar-refractivity contribution in [2.45, 2.75) is 32.7 Å². The van der Waals surface area contributed by atoms with Crippen molar-refractivity contribution in [2.24, 2.45) is 5.41 Å². The van der Waals surface area contributed by atoms with Gasteiger partial charge in [-0.2, -0.15) is 0 Å². The van der Waals surface area contributed by atoms with E-state index in [0.717, 1.165) is 5.69 Å². The fraction of sp³-hybridized carbons (Fsp3) is 0.500. The topological polar surface area (TPSA) is 38.0 Å².